The average molecular weight is 443 g/mol. The fraction of sp³-hybridized carbons (Fsp3) is 0.692. The molecule has 2 aliphatic rings. The van der Waals surface area contributed by atoms with Gasteiger partial charge in [-0.3, -0.25) is 9.59 Å². The molecule has 1 aromatic carbocycles. The molecule has 0 saturated carbocycles. The third-order valence-electron chi connectivity index (χ3n) is 6.85. The molecule has 0 aliphatic carbocycles. The van der Waals surface area contributed by atoms with E-state index < -0.39 is 0 Å². The van der Waals surface area contributed by atoms with E-state index in [1.165, 1.54) is 0 Å². The van der Waals surface area contributed by atoms with Gasteiger partial charge in [0.1, 0.15) is 0 Å². The second kappa shape index (κ2) is 11.8. The van der Waals surface area contributed by atoms with Crippen LogP contribution >= 0.6 is 0 Å². The summed E-state index contributed by atoms with van der Waals surface area (Å²) in [6.07, 6.45) is 4.31. The number of rotatable bonds is 4. The van der Waals surface area contributed by atoms with Crippen molar-refractivity contribution in [3.05, 3.63) is 29.8 Å². The molecule has 2 amide bonds. The second-order valence-corrected chi connectivity index (χ2v) is 10.2. The smallest absolute Gasteiger partial charge is 0.227 e. The zero-order chi connectivity index (χ0) is 23.1. The van der Waals surface area contributed by atoms with Crippen molar-refractivity contribution in [1.29, 1.82) is 0 Å². The Balaban J connectivity index is 1.82. The Kier molecular flexibility index (Phi) is 9.11. The Hall–Kier alpha value is -1.92. The lowest BCUT2D eigenvalue weighted by Gasteiger charge is -2.32. The van der Waals surface area contributed by atoms with Gasteiger partial charge in [0.15, 0.2) is 0 Å². The number of carbonyl (C=O) groups excluding carboxylic acids is 2. The minimum atomic E-state index is 0.179. The summed E-state index contributed by atoms with van der Waals surface area (Å²) in [5.74, 6) is 1.23. The standard InChI is InChI=1S/C26H42N4O2/c1-21(2)18-26(32)30-13-7-12-27(3)16-17-29(20-23-8-5-6-9-24(23)30)25(31)19-22-10-14-28(4)15-11-22/h5-6,8-9,21-22H,7,10-20H2,1-4H3. The highest BCUT2D eigenvalue weighted by Crippen LogP contribution is 2.26. The van der Waals surface area contributed by atoms with Crippen LogP contribution in [0.2, 0.25) is 0 Å². The van der Waals surface area contributed by atoms with E-state index in [4.69, 9.17) is 0 Å². The van der Waals surface area contributed by atoms with Crippen LogP contribution in [0.1, 0.15) is 51.5 Å². The number of amides is 2. The molecule has 1 fully saturated rings. The third kappa shape index (κ3) is 7.04. The number of likely N-dealkylation sites (tertiary alicyclic amines) is 1. The Bertz CT molecular complexity index is 758. The molecule has 0 radical (unpaired) electrons. The largest absolute Gasteiger partial charge is 0.337 e. The number of likely N-dealkylation sites (N-methyl/N-ethyl adjacent to an activating group) is 1. The van der Waals surface area contributed by atoms with Crippen molar-refractivity contribution in [2.24, 2.45) is 11.8 Å². The zero-order valence-corrected chi connectivity index (χ0v) is 20.6. The van der Waals surface area contributed by atoms with Crippen molar-refractivity contribution in [3.8, 4) is 0 Å². The lowest BCUT2D eigenvalue weighted by atomic mass is 9.93. The lowest BCUT2D eigenvalue weighted by molar-refractivity contribution is -0.133. The van der Waals surface area contributed by atoms with E-state index in [1.54, 1.807) is 0 Å². The number of benzene rings is 1. The molecule has 0 N–H and O–H groups in total. The molecule has 0 atom stereocenters. The summed E-state index contributed by atoms with van der Waals surface area (Å²) in [7, 11) is 4.27. The molecule has 178 valence electrons. The number of anilines is 1. The monoisotopic (exact) mass is 442 g/mol. The number of piperidine rings is 1. The van der Waals surface area contributed by atoms with Crippen LogP contribution in [0.3, 0.4) is 0 Å². The maximum absolute atomic E-state index is 13.4. The molecule has 2 aliphatic heterocycles. The van der Waals surface area contributed by atoms with Crippen LogP contribution in [0.15, 0.2) is 24.3 Å². The van der Waals surface area contributed by atoms with Crippen molar-refractivity contribution in [2.45, 2.75) is 52.5 Å². The molecule has 0 spiro atoms. The first-order chi connectivity index (χ1) is 15.3. The highest BCUT2D eigenvalue weighted by atomic mass is 16.2. The van der Waals surface area contributed by atoms with Crippen LogP contribution in [0, 0.1) is 11.8 Å². The number of hydrogen-bond acceptors (Lipinski definition) is 4. The quantitative estimate of drug-likeness (QED) is 0.717. The SMILES string of the molecule is CC(C)CC(=O)N1CCCN(C)CCN(C(=O)CC2CCN(C)CC2)Cc2ccccc21. The summed E-state index contributed by atoms with van der Waals surface area (Å²) >= 11 is 0. The van der Waals surface area contributed by atoms with Crippen LogP contribution in [0.4, 0.5) is 5.69 Å². The molecule has 32 heavy (non-hydrogen) atoms. The first-order valence-electron chi connectivity index (χ1n) is 12.4. The molecule has 6 heteroatoms. The first kappa shape index (κ1) is 24.7. The number of hydrogen-bond donors (Lipinski definition) is 0. The predicted octanol–water partition coefficient (Wildman–Crippen LogP) is 3.46. The Morgan fingerprint density at radius 2 is 1.59 bits per heavy atom. The lowest BCUT2D eigenvalue weighted by Crippen LogP contribution is -2.39. The van der Waals surface area contributed by atoms with Gasteiger partial charge in [-0.05, 0) is 76.5 Å². The van der Waals surface area contributed by atoms with Crippen molar-refractivity contribution in [3.63, 3.8) is 0 Å². The van der Waals surface area contributed by atoms with Crippen molar-refractivity contribution >= 4 is 17.5 Å². The van der Waals surface area contributed by atoms with E-state index in [0.29, 0.717) is 31.2 Å². The van der Waals surface area contributed by atoms with Crippen LogP contribution in [-0.4, -0.2) is 79.9 Å². The number of para-hydroxylation sites is 1. The van der Waals surface area contributed by atoms with Crippen LogP contribution in [0.25, 0.3) is 0 Å². The molecule has 1 saturated heterocycles. The van der Waals surface area contributed by atoms with Crippen molar-refractivity contribution in [1.82, 2.24) is 14.7 Å². The van der Waals surface area contributed by atoms with Gasteiger partial charge < -0.3 is 19.6 Å². The van der Waals surface area contributed by atoms with Gasteiger partial charge in [-0.25, -0.2) is 0 Å². The Morgan fingerprint density at radius 3 is 2.31 bits per heavy atom. The fourth-order valence-electron chi connectivity index (χ4n) is 4.79. The van der Waals surface area contributed by atoms with Gasteiger partial charge in [0.05, 0.1) is 0 Å². The average Bonchev–Trinajstić information content (AvgIpc) is 2.78. The molecule has 0 bridgehead atoms. The van der Waals surface area contributed by atoms with Crippen molar-refractivity contribution in [2.75, 3.05) is 58.3 Å². The van der Waals surface area contributed by atoms with E-state index >= 15 is 0 Å². The van der Waals surface area contributed by atoms with Crippen LogP contribution in [0.5, 0.6) is 0 Å². The number of fused-ring (bicyclic) bond motifs is 1. The van der Waals surface area contributed by atoms with Gasteiger partial charge >= 0.3 is 0 Å². The maximum Gasteiger partial charge on any atom is 0.227 e. The van der Waals surface area contributed by atoms with Gasteiger partial charge in [0.2, 0.25) is 11.8 Å². The maximum atomic E-state index is 13.4. The highest BCUT2D eigenvalue weighted by molar-refractivity contribution is 5.94. The second-order valence-electron chi connectivity index (χ2n) is 10.2. The fourth-order valence-corrected chi connectivity index (χ4v) is 4.79. The summed E-state index contributed by atoms with van der Waals surface area (Å²) in [5, 5.41) is 0. The summed E-state index contributed by atoms with van der Waals surface area (Å²) in [6, 6.07) is 8.16. The zero-order valence-electron chi connectivity index (χ0n) is 20.6. The molecular formula is C26H42N4O2. The van der Waals surface area contributed by atoms with Gasteiger partial charge in [0.25, 0.3) is 0 Å². The van der Waals surface area contributed by atoms with Gasteiger partial charge in [-0.2, -0.15) is 0 Å². The van der Waals surface area contributed by atoms with Gasteiger partial charge in [-0.1, -0.05) is 32.0 Å². The first-order valence-corrected chi connectivity index (χ1v) is 12.4. The van der Waals surface area contributed by atoms with Crippen molar-refractivity contribution < 1.29 is 9.59 Å². The summed E-state index contributed by atoms with van der Waals surface area (Å²) in [4.78, 5) is 35.2. The van der Waals surface area contributed by atoms with E-state index in [2.05, 4.69) is 49.9 Å². The summed E-state index contributed by atoms with van der Waals surface area (Å²) < 4.78 is 0. The Morgan fingerprint density at radius 1 is 0.906 bits per heavy atom. The molecule has 3 rings (SSSR count). The molecule has 2 heterocycles. The van der Waals surface area contributed by atoms with E-state index in [-0.39, 0.29) is 11.8 Å². The summed E-state index contributed by atoms with van der Waals surface area (Å²) in [6.45, 7) is 10.1. The minimum absolute atomic E-state index is 0.179. The molecule has 0 unspecified atom stereocenters. The predicted molar refractivity (Wildman–Crippen MR) is 131 cm³/mol. The van der Waals surface area contributed by atoms with Gasteiger partial charge in [-0.15, -0.1) is 0 Å². The topological polar surface area (TPSA) is 47.1 Å². The van der Waals surface area contributed by atoms with E-state index in [9.17, 15) is 9.59 Å². The van der Waals surface area contributed by atoms with Crippen LogP contribution < -0.4 is 4.90 Å². The summed E-state index contributed by atoms with van der Waals surface area (Å²) in [5.41, 5.74) is 2.05. The number of nitrogens with zero attached hydrogens (tertiary/aromatic N) is 4. The van der Waals surface area contributed by atoms with E-state index in [0.717, 1.165) is 69.8 Å². The Labute approximate surface area is 194 Å². The normalized spacial score (nSPS) is 20.2. The third-order valence-corrected chi connectivity index (χ3v) is 6.85. The minimum Gasteiger partial charge on any atom is -0.337 e. The van der Waals surface area contributed by atoms with Crippen LogP contribution in [-0.2, 0) is 16.1 Å². The van der Waals surface area contributed by atoms with Gasteiger partial charge in [0, 0.05) is 44.7 Å². The number of carbonyl (C=O) groups is 2. The van der Waals surface area contributed by atoms with E-state index in [1.807, 2.05) is 21.9 Å². The molecule has 0 aromatic heterocycles. The molecule has 1 aromatic rings. The highest BCUT2D eigenvalue weighted by Gasteiger charge is 2.26. The molecular weight excluding hydrogens is 400 g/mol. The molecule has 6 nitrogen and oxygen atoms in total.